The number of hydrogen-bond acceptors (Lipinski definition) is 2. The lowest BCUT2D eigenvalue weighted by atomic mass is 10.1. The molecule has 3 rings (SSSR count). The number of amides is 1. The molecule has 0 aliphatic rings. The standard InChI is InChI=1S/C20H19NO2/c1-15-7-2-5-12-19(15)23-14-13-20(22)21-18-11-6-9-16-8-3-4-10-17(16)18/h2-12H,13-14H2,1H3,(H,21,22). The molecule has 0 aromatic heterocycles. The van der Waals surface area contributed by atoms with Crippen LogP contribution in [0, 0.1) is 6.92 Å². The van der Waals surface area contributed by atoms with E-state index in [0.717, 1.165) is 27.8 Å². The normalized spacial score (nSPS) is 10.5. The number of benzene rings is 3. The van der Waals surface area contributed by atoms with Crippen LogP contribution in [0.4, 0.5) is 5.69 Å². The zero-order valence-electron chi connectivity index (χ0n) is 13.1. The van der Waals surface area contributed by atoms with Crippen LogP contribution in [0.3, 0.4) is 0 Å². The molecule has 116 valence electrons. The van der Waals surface area contributed by atoms with Gasteiger partial charge in [-0.05, 0) is 30.0 Å². The number of nitrogens with one attached hydrogen (secondary N) is 1. The van der Waals surface area contributed by atoms with Crippen LogP contribution in [0.1, 0.15) is 12.0 Å². The van der Waals surface area contributed by atoms with E-state index in [4.69, 9.17) is 4.74 Å². The van der Waals surface area contributed by atoms with Crippen molar-refractivity contribution in [1.82, 2.24) is 0 Å². The highest BCUT2D eigenvalue weighted by Gasteiger charge is 2.06. The molecule has 3 nitrogen and oxygen atoms in total. The maximum Gasteiger partial charge on any atom is 0.227 e. The molecule has 0 saturated heterocycles. The van der Waals surface area contributed by atoms with Gasteiger partial charge in [0, 0.05) is 11.1 Å². The Labute approximate surface area is 135 Å². The third-order valence-electron chi connectivity index (χ3n) is 3.74. The molecule has 3 aromatic rings. The van der Waals surface area contributed by atoms with E-state index in [2.05, 4.69) is 5.32 Å². The van der Waals surface area contributed by atoms with Gasteiger partial charge in [0.25, 0.3) is 0 Å². The zero-order valence-corrected chi connectivity index (χ0v) is 13.1. The Kier molecular flexibility index (Phi) is 4.57. The van der Waals surface area contributed by atoms with Crippen molar-refractivity contribution in [2.45, 2.75) is 13.3 Å². The summed E-state index contributed by atoms with van der Waals surface area (Å²) in [6.45, 7) is 2.35. The fraction of sp³-hybridized carbons (Fsp3) is 0.150. The van der Waals surface area contributed by atoms with Crippen molar-refractivity contribution < 1.29 is 9.53 Å². The second kappa shape index (κ2) is 6.97. The largest absolute Gasteiger partial charge is 0.493 e. The van der Waals surface area contributed by atoms with E-state index in [1.807, 2.05) is 73.7 Å². The molecule has 1 N–H and O–H groups in total. The zero-order chi connectivity index (χ0) is 16.1. The monoisotopic (exact) mass is 305 g/mol. The second-order valence-electron chi connectivity index (χ2n) is 5.44. The van der Waals surface area contributed by atoms with Crippen molar-refractivity contribution in [3.63, 3.8) is 0 Å². The van der Waals surface area contributed by atoms with Gasteiger partial charge in [-0.25, -0.2) is 0 Å². The van der Waals surface area contributed by atoms with Gasteiger partial charge in [0.05, 0.1) is 13.0 Å². The summed E-state index contributed by atoms with van der Waals surface area (Å²) in [5.74, 6) is 0.778. The summed E-state index contributed by atoms with van der Waals surface area (Å²) < 4.78 is 5.67. The van der Waals surface area contributed by atoms with E-state index >= 15 is 0 Å². The molecule has 0 bridgehead atoms. The molecule has 0 radical (unpaired) electrons. The van der Waals surface area contributed by atoms with Crippen molar-refractivity contribution in [3.05, 3.63) is 72.3 Å². The van der Waals surface area contributed by atoms with Gasteiger partial charge in [0.2, 0.25) is 5.91 Å². The lowest BCUT2D eigenvalue weighted by Gasteiger charge is -2.10. The molecule has 0 fully saturated rings. The van der Waals surface area contributed by atoms with Crippen LogP contribution in [0.5, 0.6) is 5.75 Å². The van der Waals surface area contributed by atoms with Crippen LogP contribution in [0.2, 0.25) is 0 Å². The Morgan fingerprint density at radius 1 is 0.957 bits per heavy atom. The summed E-state index contributed by atoms with van der Waals surface area (Å²) in [7, 11) is 0. The Bertz CT molecular complexity index is 821. The predicted molar refractivity (Wildman–Crippen MR) is 93.9 cm³/mol. The number of carbonyl (C=O) groups is 1. The summed E-state index contributed by atoms with van der Waals surface area (Å²) in [6, 6.07) is 21.7. The van der Waals surface area contributed by atoms with Gasteiger partial charge in [-0.15, -0.1) is 0 Å². The summed E-state index contributed by atoms with van der Waals surface area (Å²) in [6.07, 6.45) is 0.317. The SMILES string of the molecule is Cc1ccccc1OCCC(=O)Nc1cccc2ccccc12. The lowest BCUT2D eigenvalue weighted by Crippen LogP contribution is -2.15. The molecule has 0 atom stereocenters. The van der Waals surface area contributed by atoms with Crippen molar-refractivity contribution >= 4 is 22.4 Å². The first kappa shape index (κ1) is 15.1. The van der Waals surface area contributed by atoms with Crippen LogP contribution in [0.15, 0.2) is 66.7 Å². The topological polar surface area (TPSA) is 38.3 Å². The van der Waals surface area contributed by atoms with Crippen LogP contribution < -0.4 is 10.1 Å². The summed E-state index contributed by atoms with van der Waals surface area (Å²) >= 11 is 0. The van der Waals surface area contributed by atoms with Crippen molar-refractivity contribution in [3.8, 4) is 5.75 Å². The Hall–Kier alpha value is -2.81. The van der Waals surface area contributed by atoms with Gasteiger partial charge in [-0.1, -0.05) is 54.6 Å². The van der Waals surface area contributed by atoms with E-state index < -0.39 is 0 Å². The van der Waals surface area contributed by atoms with E-state index in [1.54, 1.807) is 0 Å². The number of carbonyl (C=O) groups excluding carboxylic acids is 1. The molecule has 0 aliphatic heterocycles. The molecule has 0 saturated carbocycles. The highest BCUT2D eigenvalue weighted by atomic mass is 16.5. The molecule has 1 amide bonds. The first-order valence-electron chi connectivity index (χ1n) is 7.70. The molecule has 3 aromatic carbocycles. The molecular formula is C20H19NO2. The van der Waals surface area contributed by atoms with Gasteiger partial charge >= 0.3 is 0 Å². The third-order valence-corrected chi connectivity index (χ3v) is 3.74. The maximum absolute atomic E-state index is 12.1. The van der Waals surface area contributed by atoms with Crippen molar-refractivity contribution in [2.75, 3.05) is 11.9 Å². The van der Waals surface area contributed by atoms with Crippen LogP contribution >= 0.6 is 0 Å². The number of para-hydroxylation sites is 1. The van der Waals surface area contributed by atoms with Crippen LogP contribution in [-0.4, -0.2) is 12.5 Å². The molecule has 3 heteroatoms. The van der Waals surface area contributed by atoms with Gasteiger partial charge in [-0.3, -0.25) is 4.79 Å². The highest BCUT2D eigenvalue weighted by Crippen LogP contribution is 2.23. The number of hydrogen-bond donors (Lipinski definition) is 1. The maximum atomic E-state index is 12.1. The second-order valence-corrected chi connectivity index (χ2v) is 5.44. The molecule has 0 unspecified atom stereocenters. The van der Waals surface area contributed by atoms with Crippen LogP contribution in [-0.2, 0) is 4.79 Å². The molecular weight excluding hydrogens is 286 g/mol. The van der Waals surface area contributed by atoms with Gasteiger partial charge in [0.15, 0.2) is 0 Å². The Morgan fingerprint density at radius 2 is 1.70 bits per heavy atom. The average Bonchev–Trinajstić information content (AvgIpc) is 2.57. The minimum absolute atomic E-state index is 0.0464. The number of rotatable bonds is 5. The molecule has 0 spiro atoms. The fourth-order valence-corrected chi connectivity index (χ4v) is 2.52. The minimum atomic E-state index is -0.0464. The molecule has 0 aliphatic carbocycles. The quantitative estimate of drug-likeness (QED) is 0.750. The number of fused-ring (bicyclic) bond motifs is 1. The number of aryl methyl sites for hydroxylation is 1. The first-order chi connectivity index (χ1) is 11.2. The third kappa shape index (κ3) is 3.69. The van der Waals surface area contributed by atoms with E-state index in [-0.39, 0.29) is 5.91 Å². The van der Waals surface area contributed by atoms with Gasteiger partial charge in [-0.2, -0.15) is 0 Å². The molecule has 23 heavy (non-hydrogen) atoms. The fourth-order valence-electron chi connectivity index (χ4n) is 2.52. The van der Waals surface area contributed by atoms with E-state index in [9.17, 15) is 4.79 Å². The van der Waals surface area contributed by atoms with Gasteiger partial charge in [0.1, 0.15) is 5.75 Å². The van der Waals surface area contributed by atoms with E-state index in [0.29, 0.717) is 13.0 Å². The Balaban J connectivity index is 1.60. The molecule has 0 heterocycles. The smallest absolute Gasteiger partial charge is 0.227 e. The minimum Gasteiger partial charge on any atom is -0.493 e. The van der Waals surface area contributed by atoms with Gasteiger partial charge < -0.3 is 10.1 Å². The predicted octanol–water partition coefficient (Wildman–Crippen LogP) is 4.56. The van der Waals surface area contributed by atoms with Crippen LogP contribution in [0.25, 0.3) is 10.8 Å². The number of anilines is 1. The van der Waals surface area contributed by atoms with E-state index in [1.165, 1.54) is 0 Å². The summed E-state index contributed by atoms with van der Waals surface area (Å²) in [5.41, 5.74) is 1.91. The number of ether oxygens (including phenoxy) is 1. The lowest BCUT2D eigenvalue weighted by molar-refractivity contribution is -0.116. The average molecular weight is 305 g/mol. The summed E-state index contributed by atoms with van der Waals surface area (Å²) in [4.78, 5) is 12.1. The highest BCUT2D eigenvalue weighted by molar-refractivity contribution is 6.02. The van der Waals surface area contributed by atoms with Crippen molar-refractivity contribution in [2.24, 2.45) is 0 Å². The summed E-state index contributed by atoms with van der Waals surface area (Å²) in [5, 5.41) is 5.12. The van der Waals surface area contributed by atoms with Crippen molar-refractivity contribution in [1.29, 1.82) is 0 Å². The first-order valence-corrected chi connectivity index (χ1v) is 7.70. The Morgan fingerprint density at radius 3 is 2.57 bits per heavy atom.